The number of nitrogens with one attached hydrogen (secondary N) is 2. The fraction of sp³-hybridized carbons (Fsp3) is 0.875. The lowest BCUT2D eigenvalue weighted by molar-refractivity contribution is -0.133. The maximum absolute atomic E-state index is 12.5. The second kappa shape index (κ2) is 7.79. The zero-order valence-electron chi connectivity index (χ0n) is 15.5. The summed E-state index contributed by atoms with van der Waals surface area (Å²) in [6, 6.07) is -0.498. The van der Waals surface area contributed by atoms with Crippen LogP contribution in [0.5, 0.6) is 0 Å². The van der Waals surface area contributed by atoms with Gasteiger partial charge in [-0.15, -0.1) is 0 Å². The lowest BCUT2D eigenvalue weighted by Crippen LogP contribution is -2.58. The minimum absolute atomic E-state index is 0.0514. The molecule has 3 aliphatic rings. The van der Waals surface area contributed by atoms with E-state index in [1.54, 1.807) is 0 Å². The van der Waals surface area contributed by atoms with Crippen LogP contribution in [0.1, 0.15) is 19.3 Å². The van der Waals surface area contributed by atoms with Crippen LogP contribution in [0.25, 0.3) is 0 Å². The Morgan fingerprint density at radius 2 is 1.96 bits per heavy atom. The summed E-state index contributed by atoms with van der Waals surface area (Å²) in [5.41, 5.74) is 0. The van der Waals surface area contributed by atoms with Crippen LogP contribution < -0.4 is 10.0 Å². The molecule has 148 valence electrons. The van der Waals surface area contributed by atoms with Crippen LogP contribution in [0.3, 0.4) is 0 Å². The average Bonchev–Trinajstić information content (AvgIpc) is 2.97. The molecule has 0 aromatic carbocycles. The van der Waals surface area contributed by atoms with Crippen LogP contribution in [0, 0.1) is 0 Å². The van der Waals surface area contributed by atoms with Gasteiger partial charge in [0.25, 0.3) is 0 Å². The van der Waals surface area contributed by atoms with E-state index in [0.29, 0.717) is 32.4 Å². The smallest absolute Gasteiger partial charge is 0.237 e. The minimum Gasteiger partial charge on any atom is -0.353 e. The summed E-state index contributed by atoms with van der Waals surface area (Å²) < 4.78 is 25.6. The number of fused-ring (bicyclic) bond motifs is 1. The lowest BCUT2D eigenvalue weighted by Gasteiger charge is -2.38. The van der Waals surface area contributed by atoms with Gasteiger partial charge in [-0.1, -0.05) is 0 Å². The van der Waals surface area contributed by atoms with Crippen molar-refractivity contribution in [1.29, 1.82) is 0 Å². The van der Waals surface area contributed by atoms with Gasteiger partial charge in [0.15, 0.2) is 0 Å². The predicted octanol–water partition coefficient (Wildman–Crippen LogP) is -1.97. The van der Waals surface area contributed by atoms with Crippen molar-refractivity contribution in [3.63, 3.8) is 0 Å². The standard InChI is InChI=1S/C16H29N5O4S/c1-19-5-7-20(8-6-19)15(22)4-3-13-10-17-16(23)14-9-12(11-21(13)14)18-26(2,24)25/h12-14,18H,3-11H2,1-2H3,(H,17,23)/t12-,13+,14-/m0/s1. The van der Waals surface area contributed by atoms with Crippen molar-refractivity contribution in [3.8, 4) is 0 Å². The van der Waals surface area contributed by atoms with Gasteiger partial charge in [-0.25, -0.2) is 13.1 Å². The van der Waals surface area contributed by atoms with E-state index in [4.69, 9.17) is 0 Å². The van der Waals surface area contributed by atoms with Crippen LogP contribution >= 0.6 is 0 Å². The third-order valence-corrected chi connectivity index (χ3v) is 6.31. The van der Waals surface area contributed by atoms with E-state index < -0.39 is 10.0 Å². The molecular formula is C16H29N5O4S. The molecule has 0 unspecified atom stereocenters. The van der Waals surface area contributed by atoms with E-state index in [1.165, 1.54) is 0 Å². The van der Waals surface area contributed by atoms with Crippen molar-refractivity contribution < 1.29 is 18.0 Å². The van der Waals surface area contributed by atoms with Gasteiger partial charge in [0.1, 0.15) is 0 Å². The topological polar surface area (TPSA) is 102 Å². The van der Waals surface area contributed by atoms with Gasteiger partial charge >= 0.3 is 0 Å². The number of piperazine rings is 2. The molecule has 0 aromatic rings. The molecule has 3 heterocycles. The first kappa shape index (κ1) is 19.5. The summed E-state index contributed by atoms with van der Waals surface area (Å²) in [6.45, 7) is 4.36. The number of carbonyl (C=O) groups excluding carboxylic acids is 2. The third-order valence-electron chi connectivity index (χ3n) is 5.55. The van der Waals surface area contributed by atoms with Gasteiger partial charge < -0.3 is 15.1 Å². The SMILES string of the molecule is CN1CCN(C(=O)CC[C@@H]2CNC(=O)[C@@H]3C[C@H](NS(C)(=O)=O)CN23)CC1. The third kappa shape index (κ3) is 4.73. The Labute approximate surface area is 155 Å². The van der Waals surface area contributed by atoms with Crippen LogP contribution in [0.4, 0.5) is 0 Å². The van der Waals surface area contributed by atoms with Gasteiger partial charge in [0.05, 0.1) is 12.3 Å². The highest BCUT2D eigenvalue weighted by atomic mass is 32.2. The van der Waals surface area contributed by atoms with Crippen molar-refractivity contribution in [1.82, 2.24) is 24.7 Å². The second-order valence-electron chi connectivity index (χ2n) is 7.66. The number of likely N-dealkylation sites (N-methyl/N-ethyl adjacent to an activating group) is 1. The molecular weight excluding hydrogens is 358 g/mol. The lowest BCUT2D eigenvalue weighted by atomic mass is 10.0. The van der Waals surface area contributed by atoms with E-state index in [9.17, 15) is 18.0 Å². The predicted molar refractivity (Wildman–Crippen MR) is 97.0 cm³/mol. The molecule has 0 radical (unpaired) electrons. The first-order chi connectivity index (χ1) is 12.2. The number of amides is 2. The largest absolute Gasteiger partial charge is 0.353 e. The summed E-state index contributed by atoms with van der Waals surface area (Å²) in [5, 5.41) is 2.91. The summed E-state index contributed by atoms with van der Waals surface area (Å²) >= 11 is 0. The van der Waals surface area contributed by atoms with E-state index in [1.807, 2.05) is 4.90 Å². The number of hydrogen-bond donors (Lipinski definition) is 2. The molecule has 2 N–H and O–H groups in total. The van der Waals surface area contributed by atoms with Gasteiger partial charge in [-0.2, -0.15) is 0 Å². The van der Waals surface area contributed by atoms with Crippen molar-refractivity contribution >= 4 is 21.8 Å². The van der Waals surface area contributed by atoms with Crippen molar-refractivity contribution in [2.75, 3.05) is 52.6 Å². The summed E-state index contributed by atoms with van der Waals surface area (Å²) in [4.78, 5) is 30.8. The van der Waals surface area contributed by atoms with Crippen LogP contribution in [-0.2, 0) is 19.6 Å². The average molecular weight is 388 g/mol. The molecule has 26 heavy (non-hydrogen) atoms. The Morgan fingerprint density at radius 3 is 2.62 bits per heavy atom. The summed E-state index contributed by atoms with van der Waals surface area (Å²) in [6.07, 6.45) is 2.74. The Kier molecular flexibility index (Phi) is 5.85. The summed E-state index contributed by atoms with van der Waals surface area (Å²) in [5.74, 6) is 0.112. The second-order valence-corrected chi connectivity index (χ2v) is 9.44. The van der Waals surface area contributed by atoms with E-state index in [-0.39, 0.29) is 29.9 Å². The Hall–Kier alpha value is -1.23. The molecule has 3 saturated heterocycles. The molecule has 3 atom stereocenters. The molecule has 9 nitrogen and oxygen atoms in total. The molecule has 0 bridgehead atoms. The van der Waals surface area contributed by atoms with E-state index in [2.05, 4.69) is 26.9 Å². The number of sulfonamides is 1. The first-order valence-electron chi connectivity index (χ1n) is 9.20. The van der Waals surface area contributed by atoms with E-state index >= 15 is 0 Å². The molecule has 3 aliphatic heterocycles. The minimum atomic E-state index is -3.30. The number of carbonyl (C=O) groups is 2. The highest BCUT2D eigenvalue weighted by Gasteiger charge is 2.44. The zero-order chi connectivity index (χ0) is 18.9. The molecule has 10 heteroatoms. The fourth-order valence-electron chi connectivity index (χ4n) is 4.14. The Morgan fingerprint density at radius 1 is 1.27 bits per heavy atom. The van der Waals surface area contributed by atoms with Crippen LogP contribution in [-0.4, -0.2) is 106 Å². The van der Waals surface area contributed by atoms with Crippen molar-refractivity contribution in [2.24, 2.45) is 0 Å². The Bertz CT molecular complexity index is 647. The molecule has 0 saturated carbocycles. The summed E-state index contributed by atoms with van der Waals surface area (Å²) in [7, 11) is -1.25. The monoisotopic (exact) mass is 387 g/mol. The molecule has 3 rings (SSSR count). The normalized spacial score (nSPS) is 30.9. The number of nitrogens with zero attached hydrogens (tertiary/aromatic N) is 3. The van der Waals surface area contributed by atoms with E-state index in [0.717, 1.165) is 32.4 Å². The van der Waals surface area contributed by atoms with Gasteiger partial charge in [-0.3, -0.25) is 14.5 Å². The fourth-order valence-corrected chi connectivity index (χ4v) is 4.91. The zero-order valence-corrected chi connectivity index (χ0v) is 16.3. The first-order valence-corrected chi connectivity index (χ1v) is 11.1. The van der Waals surface area contributed by atoms with Crippen LogP contribution in [0.15, 0.2) is 0 Å². The Balaban J connectivity index is 1.55. The number of hydrogen-bond acceptors (Lipinski definition) is 6. The number of rotatable bonds is 5. The highest BCUT2D eigenvalue weighted by molar-refractivity contribution is 7.88. The molecule has 0 aromatic heterocycles. The molecule has 0 spiro atoms. The quantitative estimate of drug-likeness (QED) is 0.568. The van der Waals surface area contributed by atoms with Gasteiger partial charge in [0, 0.05) is 57.8 Å². The maximum atomic E-state index is 12.5. The molecule has 2 amide bonds. The molecule has 0 aliphatic carbocycles. The van der Waals surface area contributed by atoms with Gasteiger partial charge in [-0.05, 0) is 19.9 Å². The molecule has 3 fully saturated rings. The van der Waals surface area contributed by atoms with Crippen molar-refractivity contribution in [3.05, 3.63) is 0 Å². The highest BCUT2D eigenvalue weighted by Crippen LogP contribution is 2.26. The van der Waals surface area contributed by atoms with Gasteiger partial charge in [0.2, 0.25) is 21.8 Å². The van der Waals surface area contributed by atoms with Crippen molar-refractivity contribution in [2.45, 2.75) is 37.4 Å². The van der Waals surface area contributed by atoms with Crippen LogP contribution in [0.2, 0.25) is 0 Å². The maximum Gasteiger partial charge on any atom is 0.237 e.